The van der Waals surface area contributed by atoms with Crippen LogP contribution in [0.2, 0.25) is 0 Å². The molecule has 3 N–H and O–H groups in total. The van der Waals surface area contributed by atoms with Gasteiger partial charge in [-0.2, -0.15) is 0 Å². The highest BCUT2D eigenvalue weighted by atomic mass is 16.1. The predicted octanol–water partition coefficient (Wildman–Crippen LogP) is 1.95. The van der Waals surface area contributed by atoms with Gasteiger partial charge >= 0.3 is 0 Å². The maximum Gasteiger partial charge on any atom is 0.223 e. The molecule has 1 amide bonds. The minimum absolute atomic E-state index is 0.209. The van der Waals surface area contributed by atoms with Gasteiger partial charge in [0.2, 0.25) is 5.91 Å². The lowest BCUT2D eigenvalue weighted by molar-refractivity contribution is -0.124. The van der Waals surface area contributed by atoms with E-state index in [2.05, 4.69) is 11.4 Å². The molecular formula is C14H20N2O. The monoisotopic (exact) mass is 232 g/mol. The van der Waals surface area contributed by atoms with E-state index in [1.54, 1.807) is 0 Å². The minimum atomic E-state index is 0.209. The molecule has 1 aliphatic carbocycles. The first-order chi connectivity index (χ1) is 8.29. The molecule has 1 fully saturated rings. The Hall–Kier alpha value is -1.35. The Kier molecular flexibility index (Phi) is 4.15. The summed E-state index contributed by atoms with van der Waals surface area (Å²) in [5, 5.41) is 3.01. The fraction of sp³-hybridized carbons (Fsp3) is 0.500. The molecule has 1 aliphatic rings. The van der Waals surface area contributed by atoms with Gasteiger partial charge in [-0.3, -0.25) is 4.79 Å². The van der Waals surface area contributed by atoms with Crippen LogP contribution in [0.15, 0.2) is 24.3 Å². The van der Waals surface area contributed by atoms with Gasteiger partial charge < -0.3 is 11.1 Å². The van der Waals surface area contributed by atoms with Crippen LogP contribution in [0.25, 0.3) is 0 Å². The van der Waals surface area contributed by atoms with Gasteiger partial charge in [0.05, 0.1) is 0 Å². The van der Waals surface area contributed by atoms with Gasteiger partial charge in [-0.05, 0) is 24.0 Å². The van der Waals surface area contributed by atoms with Crippen LogP contribution in [0.1, 0.15) is 36.8 Å². The first kappa shape index (κ1) is 12.1. The standard InChI is InChI=1S/C14H20N2O/c15-9-11-4-3-5-12(8-11)10-16-14(17)13-6-1-2-7-13/h3-5,8,13H,1-2,6-7,9-10,15H2,(H,16,17). The third kappa shape index (κ3) is 3.30. The highest BCUT2D eigenvalue weighted by Gasteiger charge is 2.21. The molecule has 0 spiro atoms. The fourth-order valence-corrected chi connectivity index (χ4v) is 2.39. The van der Waals surface area contributed by atoms with E-state index in [1.807, 2.05) is 18.2 Å². The molecule has 1 saturated carbocycles. The van der Waals surface area contributed by atoms with Gasteiger partial charge in [0.1, 0.15) is 0 Å². The van der Waals surface area contributed by atoms with Crippen LogP contribution >= 0.6 is 0 Å². The second kappa shape index (κ2) is 5.82. The maximum absolute atomic E-state index is 11.8. The summed E-state index contributed by atoms with van der Waals surface area (Å²) < 4.78 is 0. The average molecular weight is 232 g/mol. The molecule has 3 nitrogen and oxygen atoms in total. The van der Waals surface area contributed by atoms with Crippen molar-refractivity contribution < 1.29 is 4.79 Å². The predicted molar refractivity (Wildman–Crippen MR) is 68.1 cm³/mol. The zero-order chi connectivity index (χ0) is 12.1. The van der Waals surface area contributed by atoms with Gasteiger partial charge in [-0.1, -0.05) is 37.1 Å². The van der Waals surface area contributed by atoms with E-state index in [-0.39, 0.29) is 11.8 Å². The Morgan fingerprint density at radius 3 is 2.71 bits per heavy atom. The van der Waals surface area contributed by atoms with E-state index in [0.29, 0.717) is 13.1 Å². The van der Waals surface area contributed by atoms with E-state index in [0.717, 1.165) is 24.0 Å². The number of rotatable bonds is 4. The van der Waals surface area contributed by atoms with E-state index < -0.39 is 0 Å². The number of nitrogens with one attached hydrogen (secondary N) is 1. The largest absolute Gasteiger partial charge is 0.352 e. The number of hydrogen-bond acceptors (Lipinski definition) is 2. The summed E-state index contributed by atoms with van der Waals surface area (Å²) in [7, 11) is 0. The lowest BCUT2D eigenvalue weighted by Crippen LogP contribution is -2.28. The Labute approximate surface area is 102 Å². The van der Waals surface area contributed by atoms with Crippen LogP contribution in [0.3, 0.4) is 0 Å². The van der Waals surface area contributed by atoms with Crippen LogP contribution in [0, 0.1) is 5.92 Å². The van der Waals surface area contributed by atoms with Gasteiger partial charge in [0, 0.05) is 19.0 Å². The van der Waals surface area contributed by atoms with Crippen molar-refractivity contribution in [3.8, 4) is 0 Å². The minimum Gasteiger partial charge on any atom is -0.352 e. The second-order valence-corrected chi connectivity index (χ2v) is 4.72. The summed E-state index contributed by atoms with van der Waals surface area (Å²) in [5.41, 5.74) is 7.82. The van der Waals surface area contributed by atoms with E-state index in [9.17, 15) is 4.79 Å². The van der Waals surface area contributed by atoms with Crippen molar-refractivity contribution in [3.05, 3.63) is 35.4 Å². The number of hydrogen-bond donors (Lipinski definition) is 2. The van der Waals surface area contributed by atoms with Crippen LogP contribution in [-0.4, -0.2) is 5.91 Å². The molecule has 0 unspecified atom stereocenters. The molecule has 92 valence electrons. The lowest BCUT2D eigenvalue weighted by Gasteiger charge is -2.10. The van der Waals surface area contributed by atoms with Crippen LogP contribution in [0.5, 0.6) is 0 Å². The van der Waals surface area contributed by atoms with Gasteiger partial charge in [-0.15, -0.1) is 0 Å². The summed E-state index contributed by atoms with van der Waals surface area (Å²) in [6.45, 7) is 1.16. The van der Waals surface area contributed by atoms with Crippen molar-refractivity contribution in [1.29, 1.82) is 0 Å². The zero-order valence-corrected chi connectivity index (χ0v) is 10.1. The highest BCUT2D eigenvalue weighted by Crippen LogP contribution is 2.24. The molecule has 0 aromatic heterocycles. The highest BCUT2D eigenvalue weighted by molar-refractivity contribution is 5.78. The molecule has 0 radical (unpaired) electrons. The molecule has 1 aromatic carbocycles. The Balaban J connectivity index is 1.86. The van der Waals surface area contributed by atoms with E-state index in [1.165, 1.54) is 12.8 Å². The third-order valence-electron chi connectivity index (χ3n) is 3.42. The number of amides is 1. The van der Waals surface area contributed by atoms with Crippen molar-refractivity contribution in [2.24, 2.45) is 11.7 Å². The Bertz CT molecular complexity index is 384. The van der Waals surface area contributed by atoms with Crippen LogP contribution in [-0.2, 0) is 17.9 Å². The average Bonchev–Trinajstić information content (AvgIpc) is 2.90. The molecule has 0 atom stereocenters. The van der Waals surface area contributed by atoms with Crippen molar-refractivity contribution in [2.75, 3.05) is 0 Å². The summed E-state index contributed by atoms with van der Waals surface area (Å²) in [6.07, 6.45) is 4.49. The molecule has 0 aliphatic heterocycles. The SMILES string of the molecule is NCc1cccc(CNC(=O)C2CCCC2)c1. The maximum atomic E-state index is 11.8. The lowest BCUT2D eigenvalue weighted by atomic mass is 10.1. The molecule has 1 aromatic rings. The van der Waals surface area contributed by atoms with Gasteiger partial charge in [-0.25, -0.2) is 0 Å². The van der Waals surface area contributed by atoms with Crippen LogP contribution in [0.4, 0.5) is 0 Å². The zero-order valence-electron chi connectivity index (χ0n) is 10.1. The fourth-order valence-electron chi connectivity index (χ4n) is 2.39. The first-order valence-corrected chi connectivity index (χ1v) is 6.35. The molecule has 0 saturated heterocycles. The molecular weight excluding hydrogens is 212 g/mol. The van der Waals surface area contributed by atoms with Crippen molar-refractivity contribution in [3.63, 3.8) is 0 Å². The Morgan fingerprint density at radius 1 is 1.29 bits per heavy atom. The van der Waals surface area contributed by atoms with Gasteiger partial charge in [0.15, 0.2) is 0 Å². The van der Waals surface area contributed by atoms with E-state index in [4.69, 9.17) is 5.73 Å². The van der Waals surface area contributed by atoms with Crippen molar-refractivity contribution in [1.82, 2.24) is 5.32 Å². The van der Waals surface area contributed by atoms with Gasteiger partial charge in [0.25, 0.3) is 0 Å². The number of benzene rings is 1. The van der Waals surface area contributed by atoms with E-state index >= 15 is 0 Å². The van der Waals surface area contributed by atoms with Crippen LogP contribution < -0.4 is 11.1 Å². The summed E-state index contributed by atoms with van der Waals surface area (Å²) in [6, 6.07) is 8.06. The molecule has 17 heavy (non-hydrogen) atoms. The van der Waals surface area contributed by atoms with Crippen molar-refractivity contribution >= 4 is 5.91 Å². The number of carbonyl (C=O) groups excluding carboxylic acids is 1. The second-order valence-electron chi connectivity index (χ2n) is 4.72. The number of carbonyl (C=O) groups is 1. The normalized spacial score (nSPS) is 16.1. The Morgan fingerprint density at radius 2 is 2.00 bits per heavy atom. The summed E-state index contributed by atoms with van der Waals surface area (Å²) in [5.74, 6) is 0.452. The molecule has 3 heteroatoms. The molecule has 2 rings (SSSR count). The van der Waals surface area contributed by atoms with Crippen molar-refractivity contribution in [2.45, 2.75) is 38.8 Å². The topological polar surface area (TPSA) is 55.1 Å². The quantitative estimate of drug-likeness (QED) is 0.833. The smallest absolute Gasteiger partial charge is 0.223 e. The summed E-state index contributed by atoms with van der Waals surface area (Å²) >= 11 is 0. The first-order valence-electron chi connectivity index (χ1n) is 6.35. The summed E-state index contributed by atoms with van der Waals surface area (Å²) in [4.78, 5) is 11.8. The molecule has 0 bridgehead atoms. The molecule has 0 heterocycles. The third-order valence-corrected chi connectivity index (χ3v) is 3.42. The number of nitrogens with two attached hydrogens (primary N) is 1.